The van der Waals surface area contributed by atoms with Crippen molar-refractivity contribution in [3.05, 3.63) is 28.9 Å². The number of pyridine rings is 1. The van der Waals surface area contributed by atoms with Crippen LogP contribution in [0.3, 0.4) is 0 Å². The third kappa shape index (κ3) is 2.62. The third-order valence-electron chi connectivity index (χ3n) is 2.32. The molecule has 0 aliphatic rings. The molecule has 0 saturated heterocycles. The SMILES string of the molecule is CCCc1nnsc1C(=O)Nc1ncccc1N. The molecule has 2 aromatic rings. The number of carbonyl (C=O) groups is 1. The average molecular weight is 263 g/mol. The summed E-state index contributed by atoms with van der Waals surface area (Å²) in [6.07, 6.45) is 3.22. The van der Waals surface area contributed by atoms with Gasteiger partial charge < -0.3 is 11.1 Å². The first-order valence-electron chi connectivity index (χ1n) is 5.55. The van der Waals surface area contributed by atoms with Gasteiger partial charge in [-0.3, -0.25) is 4.79 Å². The number of carbonyl (C=O) groups excluding carboxylic acids is 1. The zero-order valence-electron chi connectivity index (χ0n) is 9.88. The molecule has 0 unspecified atom stereocenters. The minimum absolute atomic E-state index is 0.265. The van der Waals surface area contributed by atoms with E-state index in [1.54, 1.807) is 18.3 Å². The smallest absolute Gasteiger partial charge is 0.270 e. The summed E-state index contributed by atoms with van der Waals surface area (Å²) in [6, 6.07) is 3.39. The number of nitrogen functional groups attached to an aromatic ring is 1. The van der Waals surface area contributed by atoms with E-state index in [1.807, 2.05) is 6.92 Å². The van der Waals surface area contributed by atoms with Gasteiger partial charge in [0.1, 0.15) is 4.88 Å². The van der Waals surface area contributed by atoms with Crippen LogP contribution in [-0.4, -0.2) is 20.5 Å². The largest absolute Gasteiger partial charge is 0.396 e. The summed E-state index contributed by atoms with van der Waals surface area (Å²) in [5.41, 5.74) is 6.86. The van der Waals surface area contributed by atoms with E-state index in [1.165, 1.54) is 0 Å². The Hall–Kier alpha value is -2.02. The number of aromatic nitrogens is 3. The van der Waals surface area contributed by atoms with Crippen LogP contribution in [0.2, 0.25) is 0 Å². The molecule has 94 valence electrons. The Kier molecular flexibility index (Phi) is 3.83. The molecule has 7 heteroatoms. The van der Waals surface area contributed by atoms with Gasteiger partial charge >= 0.3 is 0 Å². The molecule has 0 fully saturated rings. The van der Waals surface area contributed by atoms with Crippen molar-refractivity contribution in [2.45, 2.75) is 19.8 Å². The predicted octanol–water partition coefficient (Wildman–Crippen LogP) is 1.72. The number of nitrogens with zero attached hydrogens (tertiary/aromatic N) is 3. The maximum Gasteiger partial charge on any atom is 0.270 e. The van der Waals surface area contributed by atoms with Gasteiger partial charge in [-0.1, -0.05) is 17.8 Å². The summed E-state index contributed by atoms with van der Waals surface area (Å²) in [6.45, 7) is 2.03. The van der Waals surface area contributed by atoms with Crippen LogP contribution in [0.15, 0.2) is 18.3 Å². The lowest BCUT2D eigenvalue weighted by molar-refractivity contribution is 0.102. The van der Waals surface area contributed by atoms with Crippen LogP contribution in [0.5, 0.6) is 0 Å². The first-order valence-corrected chi connectivity index (χ1v) is 6.32. The van der Waals surface area contributed by atoms with Crippen LogP contribution in [-0.2, 0) is 6.42 Å². The molecule has 0 bridgehead atoms. The number of rotatable bonds is 4. The van der Waals surface area contributed by atoms with Crippen LogP contribution in [0.25, 0.3) is 0 Å². The van der Waals surface area contributed by atoms with Crippen LogP contribution in [0, 0.1) is 0 Å². The number of nitrogens with one attached hydrogen (secondary N) is 1. The first kappa shape index (κ1) is 12.4. The minimum atomic E-state index is -0.265. The van der Waals surface area contributed by atoms with E-state index < -0.39 is 0 Å². The Morgan fingerprint density at radius 1 is 1.56 bits per heavy atom. The van der Waals surface area contributed by atoms with Gasteiger partial charge in [0, 0.05) is 6.20 Å². The predicted molar refractivity (Wildman–Crippen MR) is 70.5 cm³/mol. The highest BCUT2D eigenvalue weighted by Crippen LogP contribution is 2.18. The molecule has 0 spiro atoms. The monoisotopic (exact) mass is 263 g/mol. The second kappa shape index (κ2) is 5.54. The van der Waals surface area contributed by atoms with Crippen molar-refractivity contribution >= 4 is 28.9 Å². The molecule has 0 aliphatic heterocycles. The molecule has 6 nitrogen and oxygen atoms in total. The number of hydrogen-bond donors (Lipinski definition) is 2. The Balaban J connectivity index is 2.17. The molecular formula is C11H13N5OS. The molecule has 3 N–H and O–H groups in total. The van der Waals surface area contributed by atoms with Crippen LogP contribution in [0.1, 0.15) is 28.7 Å². The van der Waals surface area contributed by atoms with Crippen LogP contribution >= 0.6 is 11.5 Å². The summed E-state index contributed by atoms with van der Waals surface area (Å²) < 4.78 is 3.81. The number of amides is 1. The Morgan fingerprint density at radius 2 is 2.39 bits per heavy atom. The average Bonchev–Trinajstić information content (AvgIpc) is 2.81. The van der Waals surface area contributed by atoms with Gasteiger partial charge in [-0.05, 0) is 30.1 Å². The highest BCUT2D eigenvalue weighted by molar-refractivity contribution is 7.08. The zero-order valence-corrected chi connectivity index (χ0v) is 10.7. The summed E-state index contributed by atoms with van der Waals surface area (Å²) >= 11 is 1.08. The summed E-state index contributed by atoms with van der Waals surface area (Å²) in [5, 5.41) is 6.61. The van der Waals surface area contributed by atoms with Crippen molar-refractivity contribution in [3.8, 4) is 0 Å². The topological polar surface area (TPSA) is 93.8 Å². The number of nitrogens with two attached hydrogens (primary N) is 1. The molecule has 1 amide bonds. The normalized spacial score (nSPS) is 10.3. The fourth-order valence-corrected chi connectivity index (χ4v) is 2.07. The molecule has 0 atom stereocenters. The quantitative estimate of drug-likeness (QED) is 0.876. The number of anilines is 2. The van der Waals surface area contributed by atoms with Gasteiger partial charge in [0.25, 0.3) is 5.91 Å². The Labute approximate surface area is 108 Å². The maximum atomic E-state index is 12.0. The van der Waals surface area contributed by atoms with Crippen molar-refractivity contribution in [3.63, 3.8) is 0 Å². The molecule has 0 aliphatic carbocycles. The number of hydrogen-bond acceptors (Lipinski definition) is 6. The highest BCUT2D eigenvalue weighted by Gasteiger charge is 2.16. The minimum Gasteiger partial charge on any atom is -0.396 e. The molecule has 18 heavy (non-hydrogen) atoms. The van der Waals surface area contributed by atoms with Crippen molar-refractivity contribution in [1.82, 2.24) is 14.6 Å². The van der Waals surface area contributed by atoms with E-state index in [-0.39, 0.29) is 5.91 Å². The number of aryl methyl sites for hydroxylation is 1. The van der Waals surface area contributed by atoms with E-state index in [2.05, 4.69) is 19.9 Å². The lowest BCUT2D eigenvalue weighted by Gasteiger charge is -2.05. The molecular weight excluding hydrogens is 250 g/mol. The maximum absolute atomic E-state index is 12.0. The first-order chi connectivity index (χ1) is 8.72. The van der Waals surface area contributed by atoms with Gasteiger partial charge in [0.2, 0.25) is 0 Å². The lowest BCUT2D eigenvalue weighted by Crippen LogP contribution is -2.14. The lowest BCUT2D eigenvalue weighted by atomic mass is 10.2. The highest BCUT2D eigenvalue weighted by atomic mass is 32.1. The van der Waals surface area contributed by atoms with Crippen molar-refractivity contribution in [2.75, 3.05) is 11.1 Å². The molecule has 2 aromatic heterocycles. The van der Waals surface area contributed by atoms with E-state index >= 15 is 0 Å². The van der Waals surface area contributed by atoms with Crippen molar-refractivity contribution in [1.29, 1.82) is 0 Å². The Bertz CT molecular complexity index is 554. The van der Waals surface area contributed by atoms with Crippen LogP contribution in [0.4, 0.5) is 11.5 Å². The summed E-state index contributed by atoms with van der Waals surface area (Å²) in [5.74, 6) is 0.0946. The second-order valence-corrected chi connectivity index (χ2v) is 4.45. The summed E-state index contributed by atoms with van der Waals surface area (Å²) in [7, 11) is 0. The van der Waals surface area contributed by atoms with E-state index in [9.17, 15) is 4.79 Å². The molecule has 2 heterocycles. The van der Waals surface area contributed by atoms with Gasteiger partial charge in [0.15, 0.2) is 5.82 Å². The van der Waals surface area contributed by atoms with E-state index in [4.69, 9.17) is 5.73 Å². The standard InChI is InChI=1S/C11H13N5OS/c1-2-4-8-9(18-16-15-8)11(17)14-10-7(12)5-3-6-13-10/h3,5-6H,2,4,12H2,1H3,(H,13,14,17). The Morgan fingerprint density at radius 3 is 3.11 bits per heavy atom. The van der Waals surface area contributed by atoms with Crippen molar-refractivity contribution in [2.24, 2.45) is 0 Å². The van der Waals surface area contributed by atoms with Gasteiger partial charge in [-0.15, -0.1) is 5.10 Å². The molecule has 2 rings (SSSR count). The van der Waals surface area contributed by atoms with Gasteiger partial charge in [-0.2, -0.15) is 0 Å². The second-order valence-electron chi connectivity index (χ2n) is 3.69. The third-order valence-corrected chi connectivity index (χ3v) is 3.09. The summed E-state index contributed by atoms with van der Waals surface area (Å²) in [4.78, 5) is 16.6. The molecule has 0 radical (unpaired) electrons. The fourth-order valence-electron chi connectivity index (χ4n) is 1.47. The van der Waals surface area contributed by atoms with Crippen LogP contribution < -0.4 is 11.1 Å². The van der Waals surface area contributed by atoms with Crippen molar-refractivity contribution < 1.29 is 4.79 Å². The van der Waals surface area contributed by atoms with E-state index in [0.29, 0.717) is 16.4 Å². The fraction of sp³-hybridized carbons (Fsp3) is 0.273. The molecule has 0 aromatic carbocycles. The van der Waals surface area contributed by atoms with Gasteiger partial charge in [-0.25, -0.2) is 4.98 Å². The molecule has 0 saturated carbocycles. The zero-order chi connectivity index (χ0) is 13.0. The van der Waals surface area contributed by atoms with Gasteiger partial charge in [0.05, 0.1) is 11.4 Å². The van der Waals surface area contributed by atoms with E-state index in [0.717, 1.165) is 30.1 Å².